The minimum absolute atomic E-state index is 0.210. The van der Waals surface area contributed by atoms with E-state index in [0.717, 1.165) is 6.42 Å². The van der Waals surface area contributed by atoms with Crippen LogP contribution in [0.15, 0.2) is 6.07 Å². The van der Waals surface area contributed by atoms with Crippen LogP contribution >= 0.6 is 11.6 Å². The lowest BCUT2D eigenvalue weighted by Gasteiger charge is -2.45. The molecule has 0 spiro atoms. The molecule has 2 rings (SSSR count). The Hall–Kier alpha value is -1.03. The minimum Gasteiger partial charge on any atom is -0.368 e. The van der Waals surface area contributed by atoms with Crippen molar-refractivity contribution < 1.29 is 0 Å². The van der Waals surface area contributed by atoms with Crippen LogP contribution in [0, 0.1) is 5.41 Å². The molecule has 4 nitrogen and oxygen atoms in total. The normalized spacial score (nSPS) is 23.3. The summed E-state index contributed by atoms with van der Waals surface area (Å²) in [7, 11) is 0. The molecule has 1 aliphatic rings. The van der Waals surface area contributed by atoms with Crippen molar-refractivity contribution in [3.63, 3.8) is 0 Å². The van der Waals surface area contributed by atoms with E-state index in [4.69, 9.17) is 17.3 Å². The van der Waals surface area contributed by atoms with Crippen molar-refractivity contribution in [2.75, 3.05) is 11.1 Å². The molecule has 1 aliphatic carbocycles. The Morgan fingerprint density at radius 1 is 1.53 bits per heavy atom. The van der Waals surface area contributed by atoms with Crippen LogP contribution in [0.5, 0.6) is 0 Å². The average Bonchev–Trinajstić information content (AvgIpc) is 2.11. The van der Waals surface area contributed by atoms with Gasteiger partial charge in [0.1, 0.15) is 11.0 Å². The molecule has 0 radical (unpaired) electrons. The third kappa shape index (κ3) is 2.15. The summed E-state index contributed by atoms with van der Waals surface area (Å²) in [4.78, 5) is 7.91. The van der Waals surface area contributed by atoms with Gasteiger partial charge in [0.05, 0.1) is 0 Å². The number of nitrogens with two attached hydrogens (primary N) is 1. The maximum Gasteiger partial charge on any atom is 0.223 e. The summed E-state index contributed by atoms with van der Waals surface area (Å²) >= 11 is 5.79. The SMILES string of the molecule is CC1(C)CCC1Nc1cc(Cl)nc(N)n1. The van der Waals surface area contributed by atoms with Crippen LogP contribution in [-0.4, -0.2) is 16.0 Å². The molecule has 1 saturated carbocycles. The Morgan fingerprint density at radius 2 is 2.27 bits per heavy atom. The van der Waals surface area contributed by atoms with E-state index in [-0.39, 0.29) is 5.95 Å². The molecule has 0 amide bonds. The van der Waals surface area contributed by atoms with E-state index >= 15 is 0 Å². The second kappa shape index (κ2) is 3.52. The molecule has 0 aliphatic heterocycles. The quantitative estimate of drug-likeness (QED) is 0.760. The van der Waals surface area contributed by atoms with Gasteiger partial charge in [0.25, 0.3) is 0 Å². The highest BCUT2D eigenvalue weighted by Crippen LogP contribution is 2.41. The fraction of sp³-hybridized carbons (Fsp3) is 0.600. The van der Waals surface area contributed by atoms with Crippen LogP contribution in [-0.2, 0) is 0 Å². The van der Waals surface area contributed by atoms with Gasteiger partial charge < -0.3 is 11.1 Å². The molecule has 15 heavy (non-hydrogen) atoms. The first-order valence-electron chi connectivity index (χ1n) is 5.04. The van der Waals surface area contributed by atoms with Gasteiger partial charge in [0.15, 0.2) is 0 Å². The van der Waals surface area contributed by atoms with Crippen molar-refractivity contribution >= 4 is 23.4 Å². The first-order chi connectivity index (χ1) is 6.97. The zero-order valence-electron chi connectivity index (χ0n) is 8.92. The average molecular weight is 227 g/mol. The highest BCUT2D eigenvalue weighted by atomic mass is 35.5. The number of hydrogen-bond donors (Lipinski definition) is 2. The summed E-state index contributed by atoms with van der Waals surface area (Å²) in [5, 5.41) is 3.71. The highest BCUT2D eigenvalue weighted by molar-refractivity contribution is 6.29. The van der Waals surface area contributed by atoms with E-state index in [0.29, 0.717) is 22.4 Å². The van der Waals surface area contributed by atoms with Crippen LogP contribution in [0.4, 0.5) is 11.8 Å². The van der Waals surface area contributed by atoms with Crippen LogP contribution in [0.3, 0.4) is 0 Å². The Balaban J connectivity index is 2.11. The highest BCUT2D eigenvalue weighted by Gasteiger charge is 2.38. The molecule has 1 aromatic rings. The molecule has 82 valence electrons. The topological polar surface area (TPSA) is 63.8 Å². The smallest absolute Gasteiger partial charge is 0.223 e. The summed E-state index contributed by atoms with van der Waals surface area (Å²) in [6, 6.07) is 2.15. The van der Waals surface area contributed by atoms with Gasteiger partial charge in [-0.25, -0.2) is 4.98 Å². The predicted molar refractivity (Wildman–Crippen MR) is 61.9 cm³/mol. The van der Waals surface area contributed by atoms with E-state index in [1.54, 1.807) is 6.07 Å². The maximum atomic E-state index is 5.79. The monoisotopic (exact) mass is 226 g/mol. The number of aromatic nitrogens is 2. The van der Waals surface area contributed by atoms with Crippen molar-refractivity contribution in [2.24, 2.45) is 5.41 Å². The van der Waals surface area contributed by atoms with Crippen LogP contribution < -0.4 is 11.1 Å². The Kier molecular flexibility index (Phi) is 2.46. The van der Waals surface area contributed by atoms with Crippen LogP contribution in [0.1, 0.15) is 26.7 Å². The molecule has 0 saturated heterocycles. The van der Waals surface area contributed by atoms with Crippen molar-refractivity contribution in [1.29, 1.82) is 0 Å². The number of nitrogens with one attached hydrogen (secondary N) is 1. The number of nitrogen functional groups attached to an aromatic ring is 1. The Bertz CT molecular complexity index is 357. The number of halogens is 1. The van der Waals surface area contributed by atoms with Crippen molar-refractivity contribution in [3.8, 4) is 0 Å². The molecule has 5 heteroatoms. The van der Waals surface area contributed by atoms with E-state index in [1.807, 2.05) is 0 Å². The predicted octanol–water partition coefficient (Wildman–Crippen LogP) is 2.31. The summed E-state index contributed by atoms with van der Waals surface area (Å²) in [6.45, 7) is 4.47. The van der Waals surface area contributed by atoms with E-state index < -0.39 is 0 Å². The second-order valence-electron chi connectivity index (χ2n) is 4.66. The lowest BCUT2D eigenvalue weighted by Crippen LogP contribution is -2.45. The molecule has 1 atom stereocenters. The van der Waals surface area contributed by atoms with Crippen LogP contribution in [0.25, 0.3) is 0 Å². The molecule has 1 fully saturated rings. The number of hydrogen-bond acceptors (Lipinski definition) is 4. The Morgan fingerprint density at radius 3 is 2.73 bits per heavy atom. The van der Waals surface area contributed by atoms with Crippen molar-refractivity contribution in [3.05, 3.63) is 11.2 Å². The van der Waals surface area contributed by atoms with Gasteiger partial charge in [0, 0.05) is 12.1 Å². The number of anilines is 2. The third-order valence-electron chi connectivity index (χ3n) is 3.05. The number of rotatable bonds is 2. The van der Waals surface area contributed by atoms with E-state index in [9.17, 15) is 0 Å². The van der Waals surface area contributed by atoms with Gasteiger partial charge >= 0.3 is 0 Å². The largest absolute Gasteiger partial charge is 0.368 e. The standard InChI is InChI=1S/C10H15ClN4/c1-10(2)4-3-6(10)13-8-5-7(11)14-9(12)15-8/h5-6H,3-4H2,1-2H3,(H3,12,13,14,15). The zero-order chi connectivity index (χ0) is 11.1. The second-order valence-corrected chi connectivity index (χ2v) is 5.05. The van der Waals surface area contributed by atoms with Gasteiger partial charge in [-0.15, -0.1) is 0 Å². The van der Waals surface area contributed by atoms with Gasteiger partial charge in [-0.1, -0.05) is 25.4 Å². The molecule has 0 aromatic carbocycles. The molecule has 1 heterocycles. The molecule has 0 bridgehead atoms. The van der Waals surface area contributed by atoms with Gasteiger partial charge in [0.2, 0.25) is 5.95 Å². The van der Waals surface area contributed by atoms with E-state index in [2.05, 4.69) is 29.1 Å². The lowest BCUT2D eigenvalue weighted by atomic mass is 9.67. The minimum atomic E-state index is 0.210. The first kappa shape index (κ1) is 10.5. The summed E-state index contributed by atoms with van der Waals surface area (Å²) in [5.74, 6) is 0.924. The summed E-state index contributed by atoms with van der Waals surface area (Å²) in [5.41, 5.74) is 5.84. The molecule has 3 N–H and O–H groups in total. The van der Waals surface area contributed by atoms with Crippen LogP contribution in [0.2, 0.25) is 5.15 Å². The van der Waals surface area contributed by atoms with Gasteiger partial charge in [-0.2, -0.15) is 4.98 Å². The fourth-order valence-electron chi connectivity index (χ4n) is 1.82. The fourth-order valence-corrected chi connectivity index (χ4v) is 2.01. The molecule has 1 unspecified atom stereocenters. The Labute approximate surface area is 94.2 Å². The van der Waals surface area contributed by atoms with Crippen molar-refractivity contribution in [1.82, 2.24) is 9.97 Å². The molecule has 1 aromatic heterocycles. The zero-order valence-corrected chi connectivity index (χ0v) is 9.67. The molecular weight excluding hydrogens is 212 g/mol. The third-order valence-corrected chi connectivity index (χ3v) is 3.25. The summed E-state index contributed by atoms with van der Waals surface area (Å²) in [6.07, 6.45) is 2.40. The van der Waals surface area contributed by atoms with Gasteiger partial charge in [-0.3, -0.25) is 0 Å². The first-order valence-corrected chi connectivity index (χ1v) is 5.42. The van der Waals surface area contributed by atoms with Gasteiger partial charge in [-0.05, 0) is 18.3 Å². The van der Waals surface area contributed by atoms with E-state index in [1.165, 1.54) is 6.42 Å². The van der Waals surface area contributed by atoms with Crippen molar-refractivity contribution in [2.45, 2.75) is 32.7 Å². The summed E-state index contributed by atoms with van der Waals surface area (Å²) < 4.78 is 0. The molecular formula is C10H15ClN4. The lowest BCUT2D eigenvalue weighted by molar-refractivity contribution is 0.159. The number of nitrogens with zero attached hydrogens (tertiary/aromatic N) is 2. The maximum absolute atomic E-state index is 5.79.